The van der Waals surface area contributed by atoms with Crippen molar-refractivity contribution in [3.05, 3.63) is 57.8 Å². The molecule has 0 saturated heterocycles. The molecule has 0 bridgehead atoms. The molecule has 1 aromatic rings. The third-order valence-corrected chi connectivity index (χ3v) is 8.84. The minimum absolute atomic E-state index is 0.0557. The summed E-state index contributed by atoms with van der Waals surface area (Å²) in [6, 6.07) is 8.73. The fourth-order valence-electron chi connectivity index (χ4n) is 3.92. The highest BCUT2D eigenvalue weighted by Crippen LogP contribution is 2.42. The van der Waals surface area contributed by atoms with Crippen molar-refractivity contribution in [2.24, 2.45) is 5.92 Å². The number of hydrogen-bond acceptors (Lipinski definition) is 7. The molecule has 7 nitrogen and oxygen atoms in total. The van der Waals surface area contributed by atoms with Crippen molar-refractivity contribution in [2.45, 2.75) is 19.8 Å². The van der Waals surface area contributed by atoms with Crippen LogP contribution in [0.15, 0.2) is 52.2 Å². The van der Waals surface area contributed by atoms with E-state index >= 15 is 0 Å². The van der Waals surface area contributed by atoms with Crippen LogP contribution >= 0.6 is 0 Å². The largest absolute Gasteiger partial charge is 0.466 e. The van der Waals surface area contributed by atoms with Crippen LogP contribution in [0.4, 0.5) is 0 Å². The van der Waals surface area contributed by atoms with Gasteiger partial charge >= 0.3 is 5.97 Å². The van der Waals surface area contributed by atoms with Crippen LogP contribution in [0, 0.1) is 5.92 Å². The maximum Gasteiger partial charge on any atom is 0.336 e. The Kier molecular flexibility index (Phi) is 5.42. The lowest BCUT2D eigenvalue weighted by atomic mass is 9.86. The van der Waals surface area contributed by atoms with E-state index in [4.69, 9.17) is 4.74 Å². The SMILES string of the molecule is COC(=O)C1=C(C)NC2=C(C1c1ccccc1)S(=O)(=O)CC(C)CS(=O)(=O)C2. The molecule has 0 aliphatic carbocycles. The van der Waals surface area contributed by atoms with Gasteiger partial charge in [0, 0.05) is 11.4 Å². The molecule has 28 heavy (non-hydrogen) atoms. The number of methoxy groups -OCH3 is 1. The molecule has 1 aromatic carbocycles. The van der Waals surface area contributed by atoms with Crippen molar-refractivity contribution in [2.75, 3.05) is 24.4 Å². The summed E-state index contributed by atoms with van der Waals surface area (Å²) in [7, 11) is -6.11. The first-order chi connectivity index (χ1) is 13.1. The number of carbonyl (C=O) groups is 1. The van der Waals surface area contributed by atoms with Crippen molar-refractivity contribution in [1.82, 2.24) is 5.32 Å². The molecule has 0 radical (unpaired) electrons. The van der Waals surface area contributed by atoms with Crippen LogP contribution in [0.5, 0.6) is 0 Å². The number of allylic oxidation sites excluding steroid dienone is 2. The summed E-state index contributed by atoms with van der Waals surface area (Å²) in [5.41, 5.74) is 1.26. The maximum atomic E-state index is 13.3. The first-order valence-corrected chi connectivity index (χ1v) is 12.3. The number of esters is 1. The molecule has 2 aliphatic rings. The Morgan fingerprint density at radius 2 is 1.75 bits per heavy atom. The van der Waals surface area contributed by atoms with E-state index in [0.717, 1.165) is 0 Å². The molecule has 152 valence electrons. The van der Waals surface area contributed by atoms with E-state index in [0.29, 0.717) is 11.3 Å². The van der Waals surface area contributed by atoms with Crippen molar-refractivity contribution in [3.63, 3.8) is 0 Å². The molecule has 0 spiro atoms. The third kappa shape index (κ3) is 3.86. The van der Waals surface area contributed by atoms with E-state index in [-0.39, 0.29) is 27.7 Å². The van der Waals surface area contributed by atoms with Gasteiger partial charge in [0.25, 0.3) is 0 Å². The minimum Gasteiger partial charge on any atom is -0.466 e. The lowest BCUT2D eigenvalue weighted by Gasteiger charge is -2.33. The second kappa shape index (κ2) is 7.36. The van der Waals surface area contributed by atoms with Gasteiger partial charge in [0.15, 0.2) is 19.7 Å². The van der Waals surface area contributed by atoms with E-state index < -0.39 is 43.2 Å². The summed E-state index contributed by atoms with van der Waals surface area (Å²) >= 11 is 0. The highest BCUT2D eigenvalue weighted by Gasteiger charge is 2.43. The Morgan fingerprint density at radius 3 is 2.36 bits per heavy atom. The van der Waals surface area contributed by atoms with Gasteiger partial charge in [-0.1, -0.05) is 37.3 Å². The Morgan fingerprint density at radius 1 is 1.11 bits per heavy atom. The zero-order valence-electron chi connectivity index (χ0n) is 15.9. The lowest BCUT2D eigenvalue weighted by Crippen LogP contribution is -2.39. The first kappa shape index (κ1) is 20.6. The molecule has 0 aromatic heterocycles. The van der Waals surface area contributed by atoms with E-state index in [1.807, 2.05) is 0 Å². The zero-order valence-corrected chi connectivity index (χ0v) is 17.6. The number of carbonyl (C=O) groups excluding carboxylic acids is 1. The maximum absolute atomic E-state index is 13.3. The van der Waals surface area contributed by atoms with Gasteiger partial charge in [-0.05, 0) is 18.4 Å². The van der Waals surface area contributed by atoms with Crippen molar-refractivity contribution in [3.8, 4) is 0 Å². The van der Waals surface area contributed by atoms with Crippen LogP contribution in [0.1, 0.15) is 25.3 Å². The number of rotatable bonds is 2. The standard InChI is InChI=1S/C19H23NO6S2/c1-12-9-27(22,23)11-15-18(28(24,25)10-12)17(14-7-5-4-6-8-14)16(13(2)20-15)19(21)26-3/h4-8,12,17,20H,9-11H2,1-3H3. The number of hydrogen-bond donors (Lipinski definition) is 1. The quantitative estimate of drug-likeness (QED) is 0.716. The van der Waals surface area contributed by atoms with Crippen LogP contribution in [-0.4, -0.2) is 47.2 Å². The van der Waals surface area contributed by atoms with E-state index in [2.05, 4.69) is 5.32 Å². The summed E-state index contributed by atoms with van der Waals surface area (Å²) in [5.74, 6) is -3.04. The van der Waals surface area contributed by atoms with Crippen molar-refractivity contribution < 1.29 is 26.4 Å². The van der Waals surface area contributed by atoms with Gasteiger partial charge in [-0.2, -0.15) is 0 Å². The molecular weight excluding hydrogens is 402 g/mol. The predicted octanol–water partition coefficient (Wildman–Crippen LogP) is 1.51. The minimum atomic E-state index is -3.83. The molecule has 2 atom stereocenters. The van der Waals surface area contributed by atoms with Gasteiger partial charge in [-0.3, -0.25) is 0 Å². The fraction of sp³-hybridized carbons (Fsp3) is 0.421. The van der Waals surface area contributed by atoms with E-state index in [9.17, 15) is 21.6 Å². The van der Waals surface area contributed by atoms with Gasteiger partial charge < -0.3 is 10.1 Å². The number of sulfone groups is 2. The molecule has 0 fully saturated rings. The molecule has 2 heterocycles. The molecular formula is C19H23NO6S2. The van der Waals surface area contributed by atoms with Gasteiger partial charge in [0.1, 0.15) is 0 Å². The molecule has 0 saturated carbocycles. The predicted molar refractivity (Wildman–Crippen MR) is 106 cm³/mol. The number of benzene rings is 1. The molecule has 2 unspecified atom stereocenters. The monoisotopic (exact) mass is 425 g/mol. The highest BCUT2D eigenvalue weighted by atomic mass is 32.2. The topological polar surface area (TPSA) is 107 Å². The van der Waals surface area contributed by atoms with Crippen molar-refractivity contribution >= 4 is 25.6 Å². The van der Waals surface area contributed by atoms with E-state index in [1.165, 1.54) is 7.11 Å². The zero-order chi connectivity index (χ0) is 20.7. The van der Waals surface area contributed by atoms with Crippen LogP contribution in [0.3, 0.4) is 0 Å². The van der Waals surface area contributed by atoms with Gasteiger partial charge in [0.05, 0.1) is 40.8 Å². The smallest absolute Gasteiger partial charge is 0.336 e. The molecule has 3 rings (SSSR count). The normalized spacial score (nSPS) is 26.5. The molecule has 2 aliphatic heterocycles. The summed E-state index contributed by atoms with van der Waals surface area (Å²) in [6.07, 6.45) is 0. The van der Waals surface area contributed by atoms with Crippen LogP contribution in [0.25, 0.3) is 0 Å². The summed E-state index contributed by atoms with van der Waals surface area (Å²) in [4.78, 5) is 12.5. The summed E-state index contributed by atoms with van der Waals surface area (Å²) in [6.45, 7) is 3.23. The number of dihydropyridines is 1. The Bertz CT molecular complexity index is 1070. The average Bonchev–Trinajstić information content (AvgIpc) is 2.58. The first-order valence-electron chi connectivity index (χ1n) is 8.83. The van der Waals surface area contributed by atoms with Crippen LogP contribution in [0.2, 0.25) is 0 Å². The number of ether oxygens (including phenoxy) is 1. The Hall–Kier alpha value is -2.13. The van der Waals surface area contributed by atoms with E-state index in [1.54, 1.807) is 44.2 Å². The summed E-state index contributed by atoms with van der Waals surface area (Å²) < 4.78 is 56.6. The molecule has 0 amide bonds. The van der Waals surface area contributed by atoms with Crippen molar-refractivity contribution in [1.29, 1.82) is 0 Å². The summed E-state index contributed by atoms with van der Waals surface area (Å²) in [5, 5.41) is 2.88. The third-order valence-electron chi connectivity index (χ3n) is 4.87. The molecule has 1 N–H and O–H groups in total. The average molecular weight is 426 g/mol. The van der Waals surface area contributed by atoms with Crippen LogP contribution in [-0.2, 0) is 29.2 Å². The number of nitrogens with one attached hydrogen (secondary N) is 1. The highest BCUT2D eigenvalue weighted by molar-refractivity contribution is 7.96. The molecule has 9 heteroatoms. The van der Waals surface area contributed by atoms with Gasteiger partial charge in [0.2, 0.25) is 0 Å². The fourth-order valence-corrected chi connectivity index (χ4v) is 8.09. The van der Waals surface area contributed by atoms with Crippen LogP contribution < -0.4 is 5.32 Å². The van der Waals surface area contributed by atoms with Gasteiger partial charge in [-0.25, -0.2) is 21.6 Å². The Labute approximate surface area is 165 Å². The lowest BCUT2D eigenvalue weighted by molar-refractivity contribution is -0.136. The van der Waals surface area contributed by atoms with Gasteiger partial charge in [-0.15, -0.1) is 0 Å². The second-order valence-electron chi connectivity index (χ2n) is 7.28. The Balaban J connectivity index is 2.33. The second-order valence-corrected chi connectivity index (χ2v) is 11.4.